The Morgan fingerprint density at radius 1 is 1.19 bits per heavy atom. The number of nitrogens with one attached hydrogen (secondary N) is 2. The van der Waals surface area contributed by atoms with Crippen LogP contribution in [-0.4, -0.2) is 31.0 Å². The van der Waals surface area contributed by atoms with Gasteiger partial charge in [-0.2, -0.15) is 0 Å². The van der Waals surface area contributed by atoms with E-state index in [9.17, 15) is 18.9 Å². The number of nitro groups is 1. The third kappa shape index (κ3) is 4.51. The first kappa shape index (κ1) is 18.2. The minimum absolute atomic E-state index is 0.0331. The number of rotatable bonds is 8. The van der Waals surface area contributed by atoms with Crippen molar-refractivity contribution in [2.75, 3.05) is 17.2 Å². The molecular formula is C16H15F2N7O2. The number of imidazole rings is 1. The first-order valence-electron chi connectivity index (χ1n) is 7.95. The van der Waals surface area contributed by atoms with Crippen molar-refractivity contribution in [1.29, 1.82) is 0 Å². The van der Waals surface area contributed by atoms with E-state index in [1.807, 2.05) is 10.8 Å². The molecule has 2 aromatic heterocycles. The Kier molecular flexibility index (Phi) is 5.50. The third-order valence-corrected chi connectivity index (χ3v) is 3.63. The number of anilines is 3. The highest BCUT2D eigenvalue weighted by molar-refractivity contribution is 5.73. The van der Waals surface area contributed by atoms with E-state index in [4.69, 9.17) is 0 Å². The van der Waals surface area contributed by atoms with Crippen molar-refractivity contribution in [3.63, 3.8) is 0 Å². The number of benzene rings is 1. The van der Waals surface area contributed by atoms with Gasteiger partial charge in [0.15, 0.2) is 11.6 Å². The molecule has 0 aliphatic rings. The smallest absolute Gasteiger partial charge is 0.353 e. The molecule has 3 rings (SSSR count). The number of aromatic nitrogens is 4. The Labute approximate surface area is 152 Å². The summed E-state index contributed by atoms with van der Waals surface area (Å²) in [6.45, 7) is 1.12. The first-order chi connectivity index (χ1) is 13.0. The second-order valence-electron chi connectivity index (χ2n) is 5.51. The van der Waals surface area contributed by atoms with E-state index in [1.165, 1.54) is 6.07 Å². The number of hydrogen-bond acceptors (Lipinski definition) is 7. The van der Waals surface area contributed by atoms with Crippen LogP contribution in [0.15, 0.2) is 43.2 Å². The molecule has 0 aliphatic carbocycles. The predicted molar refractivity (Wildman–Crippen MR) is 93.7 cm³/mol. The second kappa shape index (κ2) is 8.17. The lowest BCUT2D eigenvalue weighted by Gasteiger charge is -2.10. The van der Waals surface area contributed by atoms with Crippen molar-refractivity contribution < 1.29 is 13.7 Å². The molecule has 0 atom stereocenters. The van der Waals surface area contributed by atoms with Crippen molar-refractivity contribution in [1.82, 2.24) is 19.5 Å². The summed E-state index contributed by atoms with van der Waals surface area (Å²) in [6.07, 6.45) is 6.99. The summed E-state index contributed by atoms with van der Waals surface area (Å²) in [5, 5.41) is 17.0. The van der Waals surface area contributed by atoms with E-state index in [2.05, 4.69) is 25.6 Å². The van der Waals surface area contributed by atoms with Gasteiger partial charge in [-0.05, 0) is 18.6 Å². The molecule has 0 saturated carbocycles. The molecule has 0 bridgehead atoms. The molecule has 2 N–H and O–H groups in total. The van der Waals surface area contributed by atoms with Gasteiger partial charge < -0.3 is 15.2 Å². The maximum Gasteiger partial charge on any atom is 0.353 e. The first-order valence-corrected chi connectivity index (χ1v) is 7.95. The molecule has 0 unspecified atom stereocenters. The van der Waals surface area contributed by atoms with E-state index in [0.29, 0.717) is 19.5 Å². The standard InChI is InChI=1S/C16H15F2N7O2/c17-12-3-2-11(8-13(12)18)23-16-14(25(26)27)15(21-9-22-16)20-4-1-6-24-7-5-19-10-24/h2-3,5,7-10H,1,4,6H2,(H2,20,21,22,23). The summed E-state index contributed by atoms with van der Waals surface area (Å²) in [4.78, 5) is 22.5. The lowest BCUT2D eigenvalue weighted by Crippen LogP contribution is -2.11. The van der Waals surface area contributed by atoms with Gasteiger partial charge in [0.05, 0.1) is 11.3 Å². The number of nitrogens with zero attached hydrogens (tertiary/aromatic N) is 5. The molecule has 3 aromatic rings. The third-order valence-electron chi connectivity index (χ3n) is 3.63. The molecule has 0 spiro atoms. The Morgan fingerprint density at radius 3 is 2.70 bits per heavy atom. The predicted octanol–water partition coefficient (Wildman–Crippen LogP) is 3.11. The van der Waals surface area contributed by atoms with Gasteiger partial charge in [-0.15, -0.1) is 0 Å². The molecular weight excluding hydrogens is 360 g/mol. The largest absolute Gasteiger partial charge is 0.364 e. The summed E-state index contributed by atoms with van der Waals surface area (Å²) >= 11 is 0. The highest BCUT2D eigenvalue weighted by atomic mass is 19.2. The lowest BCUT2D eigenvalue weighted by molar-refractivity contribution is -0.383. The topological polar surface area (TPSA) is 111 Å². The van der Waals surface area contributed by atoms with Crippen molar-refractivity contribution >= 4 is 23.0 Å². The molecule has 0 saturated heterocycles. The monoisotopic (exact) mass is 375 g/mol. The molecule has 27 heavy (non-hydrogen) atoms. The molecule has 0 aliphatic heterocycles. The van der Waals surface area contributed by atoms with Crippen LogP contribution in [0.2, 0.25) is 0 Å². The van der Waals surface area contributed by atoms with Crippen LogP contribution >= 0.6 is 0 Å². The second-order valence-corrected chi connectivity index (χ2v) is 5.51. The van der Waals surface area contributed by atoms with Crippen LogP contribution < -0.4 is 10.6 Å². The van der Waals surface area contributed by atoms with E-state index in [-0.39, 0.29) is 23.0 Å². The van der Waals surface area contributed by atoms with Crippen LogP contribution in [0.4, 0.5) is 31.8 Å². The Morgan fingerprint density at radius 2 is 2.00 bits per heavy atom. The quantitative estimate of drug-likeness (QED) is 0.353. The molecule has 11 heteroatoms. The minimum Gasteiger partial charge on any atom is -0.364 e. The van der Waals surface area contributed by atoms with Crippen molar-refractivity contribution in [2.45, 2.75) is 13.0 Å². The summed E-state index contributed by atoms with van der Waals surface area (Å²) in [5.41, 5.74) is -0.258. The van der Waals surface area contributed by atoms with Crippen molar-refractivity contribution in [3.8, 4) is 0 Å². The van der Waals surface area contributed by atoms with Gasteiger partial charge in [0.1, 0.15) is 6.33 Å². The van der Waals surface area contributed by atoms with Gasteiger partial charge in [-0.1, -0.05) is 0 Å². The lowest BCUT2D eigenvalue weighted by atomic mass is 10.3. The Bertz CT molecular complexity index is 935. The molecule has 0 radical (unpaired) electrons. The molecule has 1 aromatic carbocycles. The highest BCUT2D eigenvalue weighted by Gasteiger charge is 2.23. The Hall–Kier alpha value is -3.63. The van der Waals surface area contributed by atoms with Crippen LogP contribution in [0.3, 0.4) is 0 Å². The molecule has 2 heterocycles. The average molecular weight is 375 g/mol. The van der Waals surface area contributed by atoms with Gasteiger partial charge in [-0.25, -0.2) is 23.7 Å². The number of halogens is 2. The van der Waals surface area contributed by atoms with Gasteiger partial charge in [0, 0.05) is 37.2 Å². The van der Waals surface area contributed by atoms with Gasteiger partial charge in [0.2, 0.25) is 11.6 Å². The number of hydrogen-bond donors (Lipinski definition) is 2. The van der Waals surface area contributed by atoms with Gasteiger partial charge in [0.25, 0.3) is 0 Å². The van der Waals surface area contributed by atoms with Crippen LogP contribution in [0, 0.1) is 21.7 Å². The zero-order chi connectivity index (χ0) is 19.2. The summed E-state index contributed by atoms with van der Waals surface area (Å²) < 4.78 is 28.3. The van der Waals surface area contributed by atoms with E-state index < -0.39 is 16.6 Å². The fourth-order valence-corrected chi connectivity index (χ4v) is 2.37. The van der Waals surface area contributed by atoms with Crippen molar-refractivity contribution in [2.24, 2.45) is 0 Å². The van der Waals surface area contributed by atoms with E-state index >= 15 is 0 Å². The number of aryl methyl sites for hydroxylation is 1. The van der Waals surface area contributed by atoms with E-state index in [1.54, 1.807) is 12.5 Å². The summed E-state index contributed by atoms with van der Waals surface area (Å²) in [5.74, 6) is -2.18. The van der Waals surface area contributed by atoms with Crippen LogP contribution in [0.5, 0.6) is 0 Å². The zero-order valence-electron chi connectivity index (χ0n) is 14.0. The maximum atomic E-state index is 13.3. The highest BCUT2D eigenvalue weighted by Crippen LogP contribution is 2.31. The Balaban J connectivity index is 1.73. The molecule has 0 fully saturated rings. The average Bonchev–Trinajstić information content (AvgIpc) is 3.15. The van der Waals surface area contributed by atoms with Gasteiger partial charge >= 0.3 is 5.69 Å². The normalized spacial score (nSPS) is 10.6. The molecule has 9 nitrogen and oxygen atoms in total. The molecule has 140 valence electrons. The van der Waals surface area contributed by atoms with E-state index in [0.717, 1.165) is 18.5 Å². The fourth-order valence-electron chi connectivity index (χ4n) is 2.37. The summed E-state index contributed by atoms with van der Waals surface area (Å²) in [7, 11) is 0. The van der Waals surface area contributed by atoms with Crippen LogP contribution in [0.1, 0.15) is 6.42 Å². The minimum atomic E-state index is -1.07. The zero-order valence-corrected chi connectivity index (χ0v) is 14.0. The van der Waals surface area contributed by atoms with Crippen LogP contribution in [-0.2, 0) is 6.54 Å². The van der Waals surface area contributed by atoms with Crippen LogP contribution in [0.25, 0.3) is 0 Å². The maximum absolute atomic E-state index is 13.3. The summed E-state index contributed by atoms with van der Waals surface area (Å²) in [6, 6.07) is 3.06. The van der Waals surface area contributed by atoms with Crippen molar-refractivity contribution in [3.05, 3.63) is 65.0 Å². The fraction of sp³-hybridized carbons (Fsp3) is 0.188. The van der Waals surface area contributed by atoms with Gasteiger partial charge in [-0.3, -0.25) is 10.1 Å². The SMILES string of the molecule is O=[N+]([O-])c1c(NCCCn2ccnc2)ncnc1Nc1ccc(F)c(F)c1. The molecule has 0 amide bonds.